The summed E-state index contributed by atoms with van der Waals surface area (Å²) in [6.07, 6.45) is 0.443. The molecule has 1 heterocycles. The van der Waals surface area contributed by atoms with Crippen molar-refractivity contribution in [1.29, 1.82) is 0 Å². The second-order valence-corrected chi connectivity index (χ2v) is 4.64. The van der Waals surface area contributed by atoms with Crippen molar-refractivity contribution in [3.05, 3.63) is 24.3 Å². The van der Waals surface area contributed by atoms with Crippen LogP contribution >= 0.6 is 0 Å². The van der Waals surface area contributed by atoms with Crippen LogP contribution in [0.25, 0.3) is 0 Å². The summed E-state index contributed by atoms with van der Waals surface area (Å²) in [4.78, 5) is 15.3. The molecule has 1 amide bonds. The Labute approximate surface area is 107 Å². The van der Waals surface area contributed by atoms with Crippen LogP contribution in [-0.2, 0) is 4.79 Å². The van der Waals surface area contributed by atoms with Crippen molar-refractivity contribution in [2.45, 2.75) is 6.42 Å². The third kappa shape index (κ3) is 3.37. The summed E-state index contributed by atoms with van der Waals surface area (Å²) in [5, 5.41) is 0. The van der Waals surface area contributed by atoms with Crippen molar-refractivity contribution in [2.75, 3.05) is 43.4 Å². The zero-order valence-corrected chi connectivity index (χ0v) is 10.5. The maximum Gasteiger partial charge on any atom is 0.218 e. The number of amides is 1. The van der Waals surface area contributed by atoms with Crippen LogP contribution in [0, 0.1) is 0 Å². The first kappa shape index (κ1) is 12.7. The number of carbonyl (C=O) groups is 1. The number of nitrogens with zero attached hydrogens (tertiary/aromatic N) is 2. The molecule has 4 N–H and O–H groups in total. The standard InChI is InChI=1S/C13H20N4O/c14-11-2-1-3-12(10-11)17-8-6-16(7-9-17)5-4-13(15)18/h1-3,10H,4-9,14H2,(H2,15,18). The molecule has 1 aromatic carbocycles. The van der Waals surface area contributed by atoms with Gasteiger partial charge in [-0.05, 0) is 18.2 Å². The summed E-state index contributed by atoms with van der Waals surface area (Å²) in [6.45, 7) is 4.61. The van der Waals surface area contributed by atoms with Crippen molar-refractivity contribution in [2.24, 2.45) is 5.73 Å². The fourth-order valence-corrected chi connectivity index (χ4v) is 2.22. The minimum absolute atomic E-state index is 0.228. The number of carbonyl (C=O) groups excluding carboxylic acids is 1. The van der Waals surface area contributed by atoms with Gasteiger partial charge in [-0.1, -0.05) is 6.07 Å². The topological polar surface area (TPSA) is 75.6 Å². The van der Waals surface area contributed by atoms with E-state index in [0.717, 1.165) is 38.4 Å². The number of hydrogen-bond acceptors (Lipinski definition) is 4. The number of nitrogen functional groups attached to an aromatic ring is 1. The van der Waals surface area contributed by atoms with Gasteiger partial charge in [-0.3, -0.25) is 9.69 Å². The highest BCUT2D eigenvalue weighted by Crippen LogP contribution is 2.19. The van der Waals surface area contributed by atoms with Crippen molar-refractivity contribution in [1.82, 2.24) is 4.90 Å². The van der Waals surface area contributed by atoms with Gasteiger partial charge in [-0.15, -0.1) is 0 Å². The quantitative estimate of drug-likeness (QED) is 0.750. The minimum Gasteiger partial charge on any atom is -0.399 e. The molecule has 2 rings (SSSR count). The zero-order valence-electron chi connectivity index (χ0n) is 10.5. The lowest BCUT2D eigenvalue weighted by atomic mass is 10.2. The van der Waals surface area contributed by atoms with E-state index in [1.807, 2.05) is 18.2 Å². The van der Waals surface area contributed by atoms with Crippen molar-refractivity contribution >= 4 is 17.3 Å². The molecular formula is C13H20N4O. The Morgan fingerprint density at radius 2 is 1.94 bits per heavy atom. The molecule has 1 aliphatic rings. The first-order chi connectivity index (χ1) is 8.65. The van der Waals surface area contributed by atoms with Crippen LogP contribution in [0.2, 0.25) is 0 Å². The number of piperazine rings is 1. The second-order valence-electron chi connectivity index (χ2n) is 4.64. The molecule has 0 spiro atoms. The molecule has 1 aliphatic heterocycles. The first-order valence-corrected chi connectivity index (χ1v) is 6.26. The molecule has 0 aromatic heterocycles. The van der Waals surface area contributed by atoms with Crippen LogP contribution < -0.4 is 16.4 Å². The fraction of sp³-hybridized carbons (Fsp3) is 0.462. The normalized spacial score (nSPS) is 16.8. The maximum atomic E-state index is 10.7. The molecule has 1 saturated heterocycles. The number of rotatable bonds is 4. The highest BCUT2D eigenvalue weighted by molar-refractivity contribution is 5.73. The molecule has 0 aliphatic carbocycles. The molecule has 0 atom stereocenters. The highest BCUT2D eigenvalue weighted by atomic mass is 16.1. The third-order valence-corrected chi connectivity index (χ3v) is 3.28. The zero-order chi connectivity index (χ0) is 13.0. The van der Waals surface area contributed by atoms with Gasteiger partial charge in [0.15, 0.2) is 0 Å². The molecule has 0 saturated carbocycles. The number of hydrogen-bond donors (Lipinski definition) is 2. The SMILES string of the molecule is NC(=O)CCN1CCN(c2cccc(N)c2)CC1. The molecule has 5 heteroatoms. The fourth-order valence-electron chi connectivity index (χ4n) is 2.22. The smallest absolute Gasteiger partial charge is 0.218 e. The van der Waals surface area contributed by atoms with Gasteiger partial charge in [-0.25, -0.2) is 0 Å². The molecule has 1 fully saturated rings. The van der Waals surface area contributed by atoms with Crippen LogP contribution in [0.4, 0.5) is 11.4 Å². The van der Waals surface area contributed by atoms with E-state index in [2.05, 4.69) is 15.9 Å². The van der Waals surface area contributed by atoms with Crippen molar-refractivity contribution < 1.29 is 4.79 Å². The van der Waals surface area contributed by atoms with Gasteiger partial charge in [0.25, 0.3) is 0 Å². The van der Waals surface area contributed by atoms with Gasteiger partial charge in [0, 0.05) is 50.5 Å². The van der Waals surface area contributed by atoms with E-state index in [0.29, 0.717) is 6.42 Å². The van der Waals surface area contributed by atoms with Crippen LogP contribution in [0.1, 0.15) is 6.42 Å². The van der Waals surface area contributed by atoms with E-state index in [1.165, 1.54) is 5.69 Å². The Bertz CT molecular complexity index is 413. The van der Waals surface area contributed by atoms with E-state index in [9.17, 15) is 4.79 Å². The Hall–Kier alpha value is -1.75. The van der Waals surface area contributed by atoms with Gasteiger partial charge in [0.2, 0.25) is 5.91 Å². The van der Waals surface area contributed by atoms with Crippen LogP contribution in [0.3, 0.4) is 0 Å². The molecule has 1 aromatic rings. The summed E-state index contributed by atoms with van der Waals surface area (Å²) in [5.74, 6) is -0.228. The Morgan fingerprint density at radius 3 is 2.56 bits per heavy atom. The lowest BCUT2D eigenvalue weighted by Gasteiger charge is -2.36. The lowest BCUT2D eigenvalue weighted by molar-refractivity contribution is -0.118. The van der Waals surface area contributed by atoms with Gasteiger partial charge in [0.05, 0.1) is 0 Å². The van der Waals surface area contributed by atoms with Gasteiger partial charge < -0.3 is 16.4 Å². The van der Waals surface area contributed by atoms with E-state index in [1.54, 1.807) is 0 Å². The largest absolute Gasteiger partial charge is 0.399 e. The predicted octanol–water partition coefficient (Wildman–Crippen LogP) is 0.266. The van der Waals surface area contributed by atoms with Gasteiger partial charge in [-0.2, -0.15) is 0 Å². The van der Waals surface area contributed by atoms with Crippen LogP contribution in [-0.4, -0.2) is 43.5 Å². The summed E-state index contributed by atoms with van der Waals surface area (Å²) in [6, 6.07) is 7.95. The monoisotopic (exact) mass is 248 g/mol. The summed E-state index contributed by atoms with van der Waals surface area (Å²) < 4.78 is 0. The van der Waals surface area contributed by atoms with Gasteiger partial charge in [0.1, 0.15) is 0 Å². The Morgan fingerprint density at radius 1 is 1.22 bits per heavy atom. The third-order valence-electron chi connectivity index (χ3n) is 3.28. The molecule has 98 valence electrons. The molecule has 5 nitrogen and oxygen atoms in total. The summed E-state index contributed by atoms with van der Waals surface area (Å²) in [5.41, 5.74) is 12.9. The van der Waals surface area contributed by atoms with E-state index in [-0.39, 0.29) is 5.91 Å². The number of primary amides is 1. The van der Waals surface area contributed by atoms with Crippen LogP contribution in [0.5, 0.6) is 0 Å². The van der Waals surface area contributed by atoms with E-state index >= 15 is 0 Å². The Balaban J connectivity index is 1.85. The molecular weight excluding hydrogens is 228 g/mol. The average Bonchev–Trinajstić information content (AvgIpc) is 2.37. The average molecular weight is 248 g/mol. The predicted molar refractivity (Wildman–Crippen MR) is 73.3 cm³/mol. The highest BCUT2D eigenvalue weighted by Gasteiger charge is 2.17. The second kappa shape index (κ2) is 5.73. The summed E-state index contributed by atoms with van der Waals surface area (Å²) in [7, 11) is 0. The summed E-state index contributed by atoms with van der Waals surface area (Å²) >= 11 is 0. The lowest BCUT2D eigenvalue weighted by Crippen LogP contribution is -2.47. The molecule has 0 unspecified atom stereocenters. The minimum atomic E-state index is -0.228. The van der Waals surface area contributed by atoms with Gasteiger partial charge >= 0.3 is 0 Å². The Kier molecular flexibility index (Phi) is 4.04. The van der Waals surface area contributed by atoms with E-state index in [4.69, 9.17) is 11.5 Å². The number of benzene rings is 1. The van der Waals surface area contributed by atoms with E-state index < -0.39 is 0 Å². The number of anilines is 2. The molecule has 0 bridgehead atoms. The van der Waals surface area contributed by atoms with Crippen molar-refractivity contribution in [3.8, 4) is 0 Å². The number of nitrogens with two attached hydrogens (primary N) is 2. The van der Waals surface area contributed by atoms with Crippen LogP contribution in [0.15, 0.2) is 24.3 Å². The first-order valence-electron chi connectivity index (χ1n) is 6.26. The molecule has 0 radical (unpaired) electrons. The maximum absolute atomic E-state index is 10.7. The van der Waals surface area contributed by atoms with Crippen molar-refractivity contribution in [3.63, 3.8) is 0 Å². The molecule has 18 heavy (non-hydrogen) atoms.